The van der Waals surface area contributed by atoms with Gasteiger partial charge in [0, 0.05) is 6.07 Å². The molecule has 0 fully saturated rings. The summed E-state index contributed by atoms with van der Waals surface area (Å²) in [7, 11) is 0. The number of rotatable bonds is 3. The second-order valence-electron chi connectivity index (χ2n) is 3.02. The van der Waals surface area contributed by atoms with Gasteiger partial charge in [0.05, 0.1) is 0 Å². The maximum Gasteiger partial charge on any atom is 0.573 e. The fraction of sp³-hybridized carbons (Fsp3) is 0.100. The lowest BCUT2D eigenvalue weighted by Gasteiger charge is -2.10. The Hall–Kier alpha value is -2.94. The van der Waals surface area contributed by atoms with Crippen LogP contribution in [0.25, 0.3) is 0 Å². The molecular weight excluding hydrogens is 265 g/mol. The number of nitrogens with zero attached hydrogens (tertiary/aromatic N) is 3. The van der Waals surface area contributed by atoms with E-state index in [1.54, 1.807) is 0 Å². The second-order valence-corrected chi connectivity index (χ2v) is 3.02. The van der Waals surface area contributed by atoms with E-state index in [2.05, 4.69) is 15.3 Å². The first-order chi connectivity index (χ1) is 8.85. The van der Waals surface area contributed by atoms with Crippen molar-refractivity contribution >= 4 is 11.4 Å². The molecule has 98 valence electrons. The van der Waals surface area contributed by atoms with Crippen molar-refractivity contribution in [1.82, 2.24) is 0 Å². The van der Waals surface area contributed by atoms with E-state index in [9.17, 15) is 18.3 Å². The topological polar surface area (TPSA) is 101 Å². The van der Waals surface area contributed by atoms with Crippen LogP contribution in [0.2, 0.25) is 0 Å². The van der Waals surface area contributed by atoms with Crippen LogP contribution in [0.5, 0.6) is 11.5 Å². The van der Waals surface area contributed by atoms with E-state index < -0.39 is 23.6 Å². The van der Waals surface area contributed by atoms with E-state index in [0.29, 0.717) is 0 Å². The van der Waals surface area contributed by atoms with Crippen LogP contribution in [0.3, 0.4) is 0 Å². The van der Waals surface area contributed by atoms with Crippen molar-refractivity contribution in [3.63, 3.8) is 0 Å². The quantitative estimate of drug-likeness (QED) is 0.497. The van der Waals surface area contributed by atoms with E-state index in [1.807, 2.05) is 0 Å². The molecular formula is C10H5F3N4O2. The molecule has 0 radical (unpaired) electrons. The predicted octanol–water partition coefficient (Wildman–Crippen LogP) is 2.11. The van der Waals surface area contributed by atoms with Crippen LogP contribution in [-0.2, 0) is 0 Å². The maximum atomic E-state index is 12.0. The molecule has 0 atom stereocenters. The molecule has 0 unspecified atom stereocenters. The number of ether oxygens (including phenoxy) is 1. The number of phenols is 1. The van der Waals surface area contributed by atoms with Crippen molar-refractivity contribution < 1.29 is 23.0 Å². The number of phenolic OH excluding ortho intramolecular Hbond substituents is 1. The highest BCUT2D eigenvalue weighted by molar-refractivity contribution is 6.10. The van der Waals surface area contributed by atoms with Gasteiger partial charge in [0.1, 0.15) is 29.3 Å². The molecule has 0 spiro atoms. The van der Waals surface area contributed by atoms with Gasteiger partial charge in [-0.2, -0.15) is 15.6 Å². The molecule has 0 saturated carbocycles. The van der Waals surface area contributed by atoms with E-state index in [4.69, 9.17) is 10.5 Å². The Kier molecular flexibility index (Phi) is 4.16. The molecule has 0 aliphatic rings. The third kappa shape index (κ3) is 4.44. The van der Waals surface area contributed by atoms with E-state index in [0.717, 1.165) is 18.2 Å². The number of nitriles is 2. The molecule has 0 amide bonds. The highest BCUT2D eigenvalue weighted by atomic mass is 19.4. The summed E-state index contributed by atoms with van der Waals surface area (Å²) in [5.74, 6) is -1.01. The van der Waals surface area contributed by atoms with Gasteiger partial charge < -0.3 is 9.84 Å². The molecule has 2 N–H and O–H groups in total. The molecule has 0 saturated heterocycles. The Morgan fingerprint density at radius 1 is 1.32 bits per heavy atom. The Bertz CT molecular complexity index is 568. The number of nitrogens with one attached hydrogen (secondary N) is 1. The molecule has 6 nitrogen and oxygen atoms in total. The average molecular weight is 270 g/mol. The highest BCUT2D eigenvalue weighted by Crippen LogP contribution is 2.31. The first kappa shape index (κ1) is 14.1. The molecule has 1 aromatic rings. The van der Waals surface area contributed by atoms with Gasteiger partial charge in [0.2, 0.25) is 5.71 Å². The van der Waals surface area contributed by atoms with Crippen molar-refractivity contribution in [1.29, 1.82) is 10.5 Å². The van der Waals surface area contributed by atoms with Crippen LogP contribution in [0.15, 0.2) is 23.3 Å². The van der Waals surface area contributed by atoms with Gasteiger partial charge in [-0.05, 0) is 12.1 Å². The van der Waals surface area contributed by atoms with Gasteiger partial charge in [-0.1, -0.05) is 0 Å². The van der Waals surface area contributed by atoms with Crippen molar-refractivity contribution in [3.8, 4) is 23.6 Å². The molecule has 0 bridgehead atoms. The summed E-state index contributed by atoms with van der Waals surface area (Å²) in [5, 5.41) is 29.4. The smallest absolute Gasteiger partial charge is 0.506 e. The molecule has 9 heteroatoms. The van der Waals surface area contributed by atoms with E-state index in [-0.39, 0.29) is 5.69 Å². The van der Waals surface area contributed by atoms with Crippen LogP contribution in [0, 0.1) is 22.7 Å². The predicted molar refractivity (Wildman–Crippen MR) is 57.1 cm³/mol. The molecule has 1 aromatic carbocycles. The SMILES string of the molecule is N#CC(C#N)=NNc1cc(OC(F)(F)F)ccc1O. The minimum atomic E-state index is -4.87. The summed E-state index contributed by atoms with van der Waals surface area (Å²) < 4.78 is 39.6. The van der Waals surface area contributed by atoms with E-state index >= 15 is 0 Å². The van der Waals surface area contributed by atoms with Crippen molar-refractivity contribution in [2.75, 3.05) is 5.43 Å². The summed E-state index contributed by atoms with van der Waals surface area (Å²) in [6, 6.07) is 5.51. The van der Waals surface area contributed by atoms with Crippen LogP contribution >= 0.6 is 0 Å². The maximum absolute atomic E-state index is 12.0. The zero-order valence-corrected chi connectivity index (χ0v) is 9.06. The summed E-state index contributed by atoms with van der Waals surface area (Å²) in [5.41, 5.74) is 1.29. The van der Waals surface area contributed by atoms with Crippen LogP contribution in [-0.4, -0.2) is 17.2 Å². The third-order valence-corrected chi connectivity index (χ3v) is 1.70. The van der Waals surface area contributed by atoms with Crippen molar-refractivity contribution in [3.05, 3.63) is 18.2 Å². The second kappa shape index (κ2) is 5.60. The zero-order valence-electron chi connectivity index (χ0n) is 9.06. The Morgan fingerprint density at radius 2 is 1.95 bits per heavy atom. The summed E-state index contributed by atoms with van der Waals surface area (Å²) in [6.07, 6.45) is -4.87. The fourth-order valence-corrected chi connectivity index (χ4v) is 0.993. The summed E-state index contributed by atoms with van der Waals surface area (Å²) in [4.78, 5) is 0. The zero-order chi connectivity index (χ0) is 14.5. The molecule has 0 aromatic heterocycles. The molecule has 0 heterocycles. The number of alkyl halides is 3. The third-order valence-electron chi connectivity index (χ3n) is 1.70. The van der Waals surface area contributed by atoms with Crippen molar-refractivity contribution in [2.24, 2.45) is 5.10 Å². The minimum Gasteiger partial charge on any atom is -0.506 e. The largest absolute Gasteiger partial charge is 0.573 e. The van der Waals surface area contributed by atoms with Gasteiger partial charge in [0.15, 0.2) is 0 Å². The fourth-order valence-electron chi connectivity index (χ4n) is 0.993. The molecule has 0 aliphatic carbocycles. The Morgan fingerprint density at radius 3 is 2.47 bits per heavy atom. The summed E-state index contributed by atoms with van der Waals surface area (Å²) in [6.45, 7) is 0. The lowest BCUT2D eigenvalue weighted by Crippen LogP contribution is -2.17. The monoisotopic (exact) mass is 270 g/mol. The molecule has 0 aliphatic heterocycles. The van der Waals surface area contributed by atoms with Crippen LogP contribution in [0.4, 0.5) is 18.9 Å². The lowest BCUT2D eigenvalue weighted by atomic mass is 10.3. The van der Waals surface area contributed by atoms with Gasteiger partial charge >= 0.3 is 6.36 Å². The van der Waals surface area contributed by atoms with Crippen LogP contribution < -0.4 is 10.2 Å². The average Bonchev–Trinajstić information content (AvgIpc) is 2.32. The molecule has 19 heavy (non-hydrogen) atoms. The number of benzene rings is 1. The minimum absolute atomic E-state index is 0.246. The number of hydrogen-bond acceptors (Lipinski definition) is 6. The number of anilines is 1. The number of hydrazone groups is 1. The Balaban J connectivity index is 2.96. The molecule has 1 rings (SSSR count). The first-order valence-electron chi connectivity index (χ1n) is 4.58. The number of halogens is 3. The highest BCUT2D eigenvalue weighted by Gasteiger charge is 2.31. The van der Waals surface area contributed by atoms with Gasteiger partial charge in [0.25, 0.3) is 0 Å². The van der Waals surface area contributed by atoms with Gasteiger partial charge in [-0.3, -0.25) is 5.43 Å². The van der Waals surface area contributed by atoms with Gasteiger partial charge in [-0.25, -0.2) is 0 Å². The lowest BCUT2D eigenvalue weighted by molar-refractivity contribution is -0.274. The van der Waals surface area contributed by atoms with Crippen molar-refractivity contribution in [2.45, 2.75) is 6.36 Å². The standard InChI is InChI=1S/C10H5F3N4O2/c11-10(12,13)19-7-1-2-9(18)8(3-7)17-16-6(4-14)5-15/h1-3,17-18H. The first-order valence-corrected chi connectivity index (χ1v) is 4.58. The summed E-state index contributed by atoms with van der Waals surface area (Å²) >= 11 is 0. The number of aromatic hydroxyl groups is 1. The normalized spacial score (nSPS) is 9.95. The van der Waals surface area contributed by atoms with Crippen LogP contribution in [0.1, 0.15) is 0 Å². The number of hydrogen-bond donors (Lipinski definition) is 2. The van der Waals surface area contributed by atoms with E-state index in [1.165, 1.54) is 12.1 Å². The Labute approximate surface area is 104 Å². The van der Waals surface area contributed by atoms with Gasteiger partial charge in [-0.15, -0.1) is 13.2 Å².